The third-order valence-corrected chi connectivity index (χ3v) is 2.89. The molecule has 16 heavy (non-hydrogen) atoms. The van der Waals surface area contributed by atoms with Crippen LogP contribution in [0.1, 0.15) is 19.3 Å². The molecule has 0 radical (unpaired) electrons. The van der Waals surface area contributed by atoms with Crippen molar-refractivity contribution in [1.29, 1.82) is 5.26 Å². The molecule has 0 heterocycles. The summed E-state index contributed by atoms with van der Waals surface area (Å²) >= 11 is 0. The summed E-state index contributed by atoms with van der Waals surface area (Å²) in [5.41, 5.74) is 0. The Morgan fingerprint density at radius 3 is 2.69 bits per heavy atom. The fourth-order valence-electron chi connectivity index (χ4n) is 1.95. The maximum Gasteiger partial charge on any atom is 0.405 e. The third-order valence-electron chi connectivity index (χ3n) is 2.89. The van der Waals surface area contributed by atoms with Crippen LogP contribution in [0.25, 0.3) is 0 Å². The predicted octanol–water partition coefficient (Wildman–Crippen LogP) is 1.85. The maximum absolute atomic E-state index is 12.3. The molecule has 3 nitrogen and oxygen atoms in total. The lowest BCUT2D eigenvalue weighted by Crippen LogP contribution is -2.42. The summed E-state index contributed by atoms with van der Waals surface area (Å²) < 4.78 is 42.0. The average molecular weight is 236 g/mol. The van der Waals surface area contributed by atoms with Crippen LogP contribution in [0.5, 0.6) is 0 Å². The van der Waals surface area contributed by atoms with Gasteiger partial charge in [-0.3, -0.25) is 0 Å². The van der Waals surface area contributed by atoms with Crippen LogP contribution in [0.15, 0.2) is 0 Å². The van der Waals surface area contributed by atoms with Crippen LogP contribution < -0.4 is 5.32 Å². The van der Waals surface area contributed by atoms with Crippen molar-refractivity contribution < 1.29 is 17.9 Å². The van der Waals surface area contributed by atoms with Crippen molar-refractivity contribution >= 4 is 0 Å². The fourth-order valence-corrected chi connectivity index (χ4v) is 1.95. The Morgan fingerprint density at radius 2 is 2.19 bits per heavy atom. The molecule has 0 saturated heterocycles. The number of hydrogen-bond acceptors (Lipinski definition) is 3. The van der Waals surface area contributed by atoms with Gasteiger partial charge in [0.15, 0.2) is 5.92 Å². The van der Waals surface area contributed by atoms with Crippen molar-refractivity contribution in [3.8, 4) is 6.07 Å². The van der Waals surface area contributed by atoms with Crippen molar-refractivity contribution in [2.24, 2.45) is 5.92 Å². The first-order valence-corrected chi connectivity index (χ1v) is 5.21. The first kappa shape index (κ1) is 13.3. The maximum atomic E-state index is 12.3. The van der Waals surface area contributed by atoms with Crippen molar-refractivity contribution in [3.63, 3.8) is 0 Å². The highest BCUT2D eigenvalue weighted by Gasteiger charge is 2.40. The van der Waals surface area contributed by atoms with E-state index < -0.39 is 12.1 Å². The molecule has 6 heteroatoms. The van der Waals surface area contributed by atoms with Gasteiger partial charge in [-0.25, -0.2) is 0 Å². The zero-order valence-corrected chi connectivity index (χ0v) is 9.05. The van der Waals surface area contributed by atoms with Crippen molar-refractivity contribution in [3.05, 3.63) is 0 Å². The second-order valence-corrected chi connectivity index (χ2v) is 3.94. The Labute approximate surface area is 92.6 Å². The molecule has 0 aliphatic heterocycles. The Morgan fingerprint density at radius 1 is 1.50 bits per heavy atom. The van der Waals surface area contributed by atoms with E-state index in [-0.39, 0.29) is 18.7 Å². The minimum Gasteiger partial charge on any atom is -0.380 e. The first-order chi connectivity index (χ1) is 7.49. The van der Waals surface area contributed by atoms with Gasteiger partial charge in [0.25, 0.3) is 0 Å². The first-order valence-electron chi connectivity index (χ1n) is 5.21. The molecule has 0 aromatic rings. The molecule has 0 aromatic carbocycles. The highest BCUT2D eigenvalue weighted by atomic mass is 19.4. The largest absolute Gasteiger partial charge is 0.405 e. The third kappa shape index (κ3) is 3.35. The van der Waals surface area contributed by atoms with Crippen LogP contribution in [0.3, 0.4) is 0 Å². The number of hydrogen-bond donors (Lipinski definition) is 1. The van der Waals surface area contributed by atoms with Crippen molar-refractivity contribution in [1.82, 2.24) is 5.32 Å². The standard InChI is InChI=1S/C10H15F3N2O/c1-16-9-4-2-3-8(9)15-6-7(5-14)10(11,12)13/h7-9,15H,2-4,6H2,1H3. The fraction of sp³-hybridized carbons (Fsp3) is 0.900. The van der Waals surface area contributed by atoms with Gasteiger partial charge in [-0.1, -0.05) is 0 Å². The summed E-state index contributed by atoms with van der Waals surface area (Å²) in [4.78, 5) is 0. The lowest BCUT2D eigenvalue weighted by atomic mass is 10.1. The summed E-state index contributed by atoms with van der Waals surface area (Å²) in [6, 6.07) is 1.20. The van der Waals surface area contributed by atoms with Gasteiger partial charge >= 0.3 is 6.18 Å². The summed E-state index contributed by atoms with van der Waals surface area (Å²) in [5, 5.41) is 11.2. The molecule has 1 aliphatic rings. The topological polar surface area (TPSA) is 45.0 Å². The van der Waals surface area contributed by atoms with Gasteiger partial charge in [0.05, 0.1) is 12.2 Å². The molecule has 0 bridgehead atoms. The van der Waals surface area contributed by atoms with Gasteiger partial charge in [0.2, 0.25) is 0 Å². The van der Waals surface area contributed by atoms with E-state index in [4.69, 9.17) is 10.00 Å². The number of ether oxygens (including phenoxy) is 1. The number of methoxy groups -OCH3 is 1. The zero-order chi connectivity index (χ0) is 12.2. The molecule has 1 saturated carbocycles. The van der Waals surface area contributed by atoms with Gasteiger partial charge in [0, 0.05) is 19.7 Å². The Bertz CT molecular complexity index is 262. The Balaban J connectivity index is 2.41. The molecule has 1 fully saturated rings. The molecule has 0 amide bonds. The monoisotopic (exact) mass is 236 g/mol. The average Bonchev–Trinajstić information content (AvgIpc) is 2.64. The number of rotatable bonds is 4. The molecule has 0 aromatic heterocycles. The molecule has 1 N–H and O–H groups in total. The van der Waals surface area contributed by atoms with Gasteiger partial charge < -0.3 is 10.1 Å². The van der Waals surface area contributed by atoms with E-state index >= 15 is 0 Å². The van der Waals surface area contributed by atoms with E-state index in [1.807, 2.05) is 0 Å². The number of nitriles is 1. The smallest absolute Gasteiger partial charge is 0.380 e. The van der Waals surface area contributed by atoms with E-state index in [0.29, 0.717) is 0 Å². The number of halogens is 3. The molecule has 1 rings (SSSR count). The van der Waals surface area contributed by atoms with E-state index in [9.17, 15) is 13.2 Å². The molecule has 3 atom stereocenters. The Hall–Kier alpha value is -0.800. The van der Waals surface area contributed by atoms with Crippen LogP contribution in [0.4, 0.5) is 13.2 Å². The van der Waals surface area contributed by atoms with E-state index in [1.54, 1.807) is 7.11 Å². The van der Waals surface area contributed by atoms with Gasteiger partial charge in [-0.05, 0) is 19.3 Å². The minimum atomic E-state index is -4.46. The van der Waals surface area contributed by atoms with Crippen LogP contribution in [-0.2, 0) is 4.74 Å². The van der Waals surface area contributed by atoms with Gasteiger partial charge in [-0.2, -0.15) is 18.4 Å². The van der Waals surface area contributed by atoms with Crippen LogP contribution in [0.2, 0.25) is 0 Å². The summed E-state index contributed by atoms with van der Waals surface area (Å²) in [6.45, 7) is -0.357. The quantitative estimate of drug-likeness (QED) is 0.810. The minimum absolute atomic E-state index is 0.0347. The molecule has 1 aliphatic carbocycles. The summed E-state index contributed by atoms with van der Waals surface area (Å²) in [5.74, 6) is -1.94. The lowest BCUT2D eigenvalue weighted by molar-refractivity contribution is -0.158. The zero-order valence-electron chi connectivity index (χ0n) is 9.05. The Kier molecular flexibility index (Phi) is 4.56. The number of nitrogens with one attached hydrogen (secondary N) is 1. The van der Waals surface area contributed by atoms with Crippen molar-refractivity contribution in [2.45, 2.75) is 37.6 Å². The molecule has 3 unspecified atom stereocenters. The van der Waals surface area contributed by atoms with E-state index in [2.05, 4.69) is 5.32 Å². The summed E-state index contributed by atoms with van der Waals surface area (Å²) in [7, 11) is 1.55. The predicted molar refractivity (Wildman–Crippen MR) is 51.6 cm³/mol. The highest BCUT2D eigenvalue weighted by Crippen LogP contribution is 2.26. The van der Waals surface area contributed by atoms with Gasteiger partial charge in [-0.15, -0.1) is 0 Å². The van der Waals surface area contributed by atoms with Crippen LogP contribution >= 0.6 is 0 Å². The second kappa shape index (κ2) is 5.51. The van der Waals surface area contributed by atoms with Crippen LogP contribution in [-0.4, -0.2) is 32.0 Å². The number of alkyl halides is 3. The molecule has 92 valence electrons. The molecule has 0 spiro atoms. The summed E-state index contributed by atoms with van der Waals surface area (Å²) in [6.07, 6.45) is -1.89. The molecular formula is C10H15F3N2O. The normalized spacial score (nSPS) is 27.7. The second-order valence-electron chi connectivity index (χ2n) is 3.94. The SMILES string of the molecule is COC1CCCC1NCC(C#N)C(F)(F)F. The van der Waals surface area contributed by atoms with E-state index in [1.165, 1.54) is 6.07 Å². The van der Waals surface area contributed by atoms with Crippen molar-refractivity contribution in [2.75, 3.05) is 13.7 Å². The van der Waals surface area contributed by atoms with Gasteiger partial charge in [0.1, 0.15) is 0 Å². The van der Waals surface area contributed by atoms with E-state index in [0.717, 1.165) is 19.3 Å². The lowest BCUT2D eigenvalue weighted by Gasteiger charge is -2.22. The number of nitrogens with zero attached hydrogens (tertiary/aromatic N) is 1. The van der Waals surface area contributed by atoms with Crippen LogP contribution in [0, 0.1) is 17.2 Å². The molecular weight excluding hydrogens is 221 g/mol. The highest BCUT2D eigenvalue weighted by molar-refractivity contribution is 4.92.